The Morgan fingerprint density at radius 1 is 1.50 bits per heavy atom. The molecule has 1 aromatic heterocycles. The molecule has 0 radical (unpaired) electrons. The van der Waals surface area contributed by atoms with Gasteiger partial charge in [-0.1, -0.05) is 6.07 Å². The van der Waals surface area contributed by atoms with Gasteiger partial charge in [0.2, 0.25) is 0 Å². The molecule has 5 heteroatoms. The van der Waals surface area contributed by atoms with E-state index < -0.39 is 5.60 Å². The van der Waals surface area contributed by atoms with Crippen molar-refractivity contribution in [3.8, 4) is 0 Å². The fourth-order valence-corrected chi connectivity index (χ4v) is 2.12. The van der Waals surface area contributed by atoms with Gasteiger partial charge in [0.25, 0.3) is 0 Å². The molecule has 1 aliphatic heterocycles. The molecular weight excluding hydrogens is 254 g/mol. The van der Waals surface area contributed by atoms with Crippen LogP contribution in [0.25, 0.3) is 0 Å². The van der Waals surface area contributed by atoms with E-state index in [4.69, 9.17) is 10.5 Å². The van der Waals surface area contributed by atoms with E-state index in [1.165, 1.54) is 0 Å². The number of ether oxygens (including phenoxy) is 1. The number of nitrogens with two attached hydrogens (primary N) is 1. The van der Waals surface area contributed by atoms with Crippen LogP contribution in [0.3, 0.4) is 0 Å². The van der Waals surface area contributed by atoms with E-state index >= 15 is 0 Å². The van der Waals surface area contributed by atoms with Gasteiger partial charge < -0.3 is 10.5 Å². The molecule has 1 unspecified atom stereocenters. The Morgan fingerprint density at radius 3 is 2.85 bits per heavy atom. The number of aromatic nitrogens is 1. The van der Waals surface area contributed by atoms with Crippen molar-refractivity contribution in [1.82, 2.24) is 9.88 Å². The first-order valence-electron chi connectivity index (χ1n) is 6.72. The standard InChI is InChI=1S/C15H21N3O2/c1-15(2,3)20-14(19)18-8-6-12(16)9-13(18)11-5-4-7-17-10-11/h4-5,7,9-10,13H,6,8,16H2,1-3H3. The lowest BCUT2D eigenvalue weighted by molar-refractivity contribution is 0.0186. The van der Waals surface area contributed by atoms with Gasteiger partial charge in [-0.05, 0) is 38.5 Å². The summed E-state index contributed by atoms with van der Waals surface area (Å²) in [6.45, 7) is 6.13. The average molecular weight is 275 g/mol. The molecular formula is C15H21N3O2. The van der Waals surface area contributed by atoms with Crippen molar-refractivity contribution < 1.29 is 9.53 Å². The third-order valence-electron chi connectivity index (χ3n) is 3.00. The van der Waals surface area contributed by atoms with Gasteiger partial charge in [0.05, 0.1) is 6.04 Å². The molecule has 0 spiro atoms. The number of pyridine rings is 1. The van der Waals surface area contributed by atoms with E-state index in [2.05, 4.69) is 4.98 Å². The van der Waals surface area contributed by atoms with E-state index in [0.717, 1.165) is 11.3 Å². The fraction of sp³-hybridized carbons (Fsp3) is 0.467. The Hall–Kier alpha value is -2.04. The zero-order valence-corrected chi connectivity index (χ0v) is 12.2. The molecule has 5 nitrogen and oxygen atoms in total. The van der Waals surface area contributed by atoms with Crippen molar-refractivity contribution >= 4 is 6.09 Å². The van der Waals surface area contributed by atoms with Gasteiger partial charge in [-0.15, -0.1) is 0 Å². The lowest BCUT2D eigenvalue weighted by atomic mass is 10.0. The van der Waals surface area contributed by atoms with Gasteiger partial charge in [-0.2, -0.15) is 0 Å². The van der Waals surface area contributed by atoms with Gasteiger partial charge in [0, 0.05) is 31.1 Å². The predicted molar refractivity (Wildman–Crippen MR) is 76.8 cm³/mol. The van der Waals surface area contributed by atoms with Gasteiger partial charge >= 0.3 is 6.09 Å². The normalized spacial score (nSPS) is 19.4. The van der Waals surface area contributed by atoms with Gasteiger partial charge in [-0.3, -0.25) is 9.88 Å². The molecule has 1 atom stereocenters. The molecule has 2 heterocycles. The Morgan fingerprint density at radius 2 is 2.25 bits per heavy atom. The van der Waals surface area contributed by atoms with Crippen molar-refractivity contribution in [2.24, 2.45) is 5.73 Å². The topological polar surface area (TPSA) is 68.5 Å². The summed E-state index contributed by atoms with van der Waals surface area (Å²) in [5.41, 5.74) is 7.13. The largest absolute Gasteiger partial charge is 0.444 e. The van der Waals surface area contributed by atoms with Crippen LogP contribution in [0.1, 0.15) is 38.8 Å². The molecule has 1 aromatic rings. The van der Waals surface area contributed by atoms with Crippen LogP contribution >= 0.6 is 0 Å². The third-order valence-corrected chi connectivity index (χ3v) is 3.00. The van der Waals surface area contributed by atoms with Crippen molar-refractivity contribution in [2.45, 2.75) is 38.8 Å². The van der Waals surface area contributed by atoms with Crippen LogP contribution in [0.15, 0.2) is 36.3 Å². The Bertz CT molecular complexity index is 506. The van der Waals surface area contributed by atoms with Crippen molar-refractivity contribution in [1.29, 1.82) is 0 Å². The van der Waals surface area contributed by atoms with Crippen LogP contribution < -0.4 is 5.73 Å². The quantitative estimate of drug-likeness (QED) is 0.855. The smallest absolute Gasteiger partial charge is 0.411 e. The molecule has 0 aromatic carbocycles. The molecule has 1 amide bonds. The maximum absolute atomic E-state index is 12.3. The van der Waals surface area contributed by atoms with E-state index in [9.17, 15) is 4.79 Å². The summed E-state index contributed by atoms with van der Waals surface area (Å²) < 4.78 is 5.46. The van der Waals surface area contributed by atoms with Crippen LogP contribution in [0, 0.1) is 0 Å². The van der Waals surface area contributed by atoms with Gasteiger partial charge in [0.1, 0.15) is 5.60 Å². The maximum Gasteiger partial charge on any atom is 0.411 e. The van der Waals surface area contributed by atoms with Crippen LogP contribution in [0.2, 0.25) is 0 Å². The summed E-state index contributed by atoms with van der Waals surface area (Å²) in [7, 11) is 0. The summed E-state index contributed by atoms with van der Waals surface area (Å²) >= 11 is 0. The summed E-state index contributed by atoms with van der Waals surface area (Å²) in [5, 5.41) is 0. The molecule has 0 saturated heterocycles. The van der Waals surface area contributed by atoms with Crippen molar-refractivity contribution in [3.63, 3.8) is 0 Å². The summed E-state index contributed by atoms with van der Waals surface area (Å²) in [6, 6.07) is 3.57. The highest BCUT2D eigenvalue weighted by Crippen LogP contribution is 2.28. The first kappa shape index (κ1) is 14.4. The highest BCUT2D eigenvalue weighted by Gasteiger charge is 2.30. The van der Waals surface area contributed by atoms with Crippen LogP contribution in [-0.4, -0.2) is 28.1 Å². The van der Waals surface area contributed by atoms with Crippen LogP contribution in [0.4, 0.5) is 4.79 Å². The summed E-state index contributed by atoms with van der Waals surface area (Å²) in [5.74, 6) is 0. The first-order chi connectivity index (χ1) is 9.37. The second-order valence-electron chi connectivity index (χ2n) is 5.90. The minimum Gasteiger partial charge on any atom is -0.444 e. The number of rotatable bonds is 1. The average Bonchev–Trinajstić information content (AvgIpc) is 2.37. The molecule has 0 aliphatic carbocycles. The predicted octanol–water partition coefficient (Wildman–Crippen LogP) is 2.61. The number of hydrogen-bond donors (Lipinski definition) is 1. The molecule has 2 rings (SSSR count). The maximum atomic E-state index is 12.3. The number of carbonyl (C=O) groups excluding carboxylic acids is 1. The Kier molecular flexibility index (Phi) is 3.97. The number of nitrogens with zero attached hydrogens (tertiary/aromatic N) is 2. The molecule has 108 valence electrons. The molecule has 20 heavy (non-hydrogen) atoms. The Balaban J connectivity index is 2.25. The zero-order valence-electron chi connectivity index (χ0n) is 12.2. The highest BCUT2D eigenvalue weighted by atomic mass is 16.6. The highest BCUT2D eigenvalue weighted by molar-refractivity contribution is 5.69. The minimum absolute atomic E-state index is 0.215. The zero-order chi connectivity index (χ0) is 14.8. The van der Waals surface area contributed by atoms with Crippen molar-refractivity contribution in [2.75, 3.05) is 6.54 Å². The van der Waals surface area contributed by atoms with E-state index in [1.54, 1.807) is 17.3 Å². The number of amides is 1. The first-order valence-corrected chi connectivity index (χ1v) is 6.72. The summed E-state index contributed by atoms with van der Waals surface area (Å²) in [6.07, 6.45) is 5.68. The second kappa shape index (κ2) is 5.53. The lowest BCUT2D eigenvalue weighted by Gasteiger charge is -2.35. The van der Waals surface area contributed by atoms with Crippen LogP contribution in [0.5, 0.6) is 0 Å². The molecule has 2 N–H and O–H groups in total. The molecule has 0 fully saturated rings. The lowest BCUT2D eigenvalue weighted by Crippen LogP contribution is -2.41. The van der Waals surface area contributed by atoms with Gasteiger partial charge in [0.15, 0.2) is 0 Å². The second-order valence-corrected chi connectivity index (χ2v) is 5.90. The van der Waals surface area contributed by atoms with E-state index in [1.807, 2.05) is 39.0 Å². The molecule has 0 saturated carbocycles. The monoisotopic (exact) mass is 275 g/mol. The SMILES string of the molecule is CC(C)(C)OC(=O)N1CCC(N)=CC1c1cccnc1. The Labute approximate surface area is 119 Å². The fourth-order valence-electron chi connectivity index (χ4n) is 2.12. The van der Waals surface area contributed by atoms with Gasteiger partial charge in [-0.25, -0.2) is 4.79 Å². The minimum atomic E-state index is -0.511. The summed E-state index contributed by atoms with van der Waals surface area (Å²) in [4.78, 5) is 18.1. The van der Waals surface area contributed by atoms with E-state index in [-0.39, 0.29) is 12.1 Å². The number of carbonyl (C=O) groups is 1. The van der Waals surface area contributed by atoms with E-state index in [0.29, 0.717) is 13.0 Å². The van der Waals surface area contributed by atoms with Crippen LogP contribution in [-0.2, 0) is 4.74 Å². The molecule has 0 bridgehead atoms. The number of hydrogen-bond acceptors (Lipinski definition) is 4. The van der Waals surface area contributed by atoms with Crippen molar-refractivity contribution in [3.05, 3.63) is 41.9 Å². The molecule has 1 aliphatic rings. The third kappa shape index (κ3) is 3.50.